The summed E-state index contributed by atoms with van der Waals surface area (Å²) in [6, 6.07) is 6.46. The minimum absolute atomic E-state index is 0.0661. The van der Waals surface area contributed by atoms with Crippen LogP contribution in [0.1, 0.15) is 27.7 Å². The average Bonchev–Trinajstić information content (AvgIpc) is 2.64. The number of ether oxygens (including phenoxy) is 1. The number of carbonyl (C=O) groups is 1. The number of fused-ring (bicyclic) bond motifs is 1. The molecule has 0 aliphatic carbocycles. The Kier molecular flexibility index (Phi) is 5.82. The number of carbonyl (C=O) groups excluding carboxylic acids is 1. The molecule has 0 aliphatic rings. The van der Waals surface area contributed by atoms with Gasteiger partial charge in [-0.2, -0.15) is 0 Å². The van der Waals surface area contributed by atoms with Crippen LogP contribution in [0.15, 0.2) is 41.5 Å². The lowest BCUT2D eigenvalue weighted by molar-refractivity contribution is 0.0579. The van der Waals surface area contributed by atoms with Crippen LogP contribution in [0.25, 0.3) is 16.6 Å². The Morgan fingerprint density at radius 3 is 2.48 bits per heavy atom. The van der Waals surface area contributed by atoms with E-state index in [1.54, 1.807) is 52.1 Å². The second-order valence-electron chi connectivity index (χ2n) is 7.24. The zero-order chi connectivity index (χ0) is 21.3. The van der Waals surface area contributed by atoms with E-state index in [1.165, 1.54) is 21.7 Å². The van der Waals surface area contributed by atoms with E-state index in [9.17, 15) is 9.59 Å². The molecule has 0 saturated heterocycles. The predicted octanol–water partition coefficient (Wildman–Crippen LogP) is 4.85. The number of hydrogen-bond donors (Lipinski definition) is 0. The fourth-order valence-corrected chi connectivity index (χ4v) is 3.21. The van der Waals surface area contributed by atoms with Crippen molar-refractivity contribution in [2.24, 2.45) is 0 Å². The second kappa shape index (κ2) is 8.00. The number of hydrogen-bond acceptors (Lipinski definition) is 5. The Morgan fingerprint density at radius 1 is 1.21 bits per heavy atom. The molecule has 7 nitrogen and oxygen atoms in total. The third kappa shape index (κ3) is 4.21. The van der Waals surface area contributed by atoms with E-state index in [0.717, 1.165) is 0 Å². The number of halogens is 2. The molecule has 1 aromatic carbocycles. The number of amides is 1. The monoisotopic (exact) mass is 434 g/mol. The Hall–Kier alpha value is -2.64. The molecule has 29 heavy (non-hydrogen) atoms. The maximum absolute atomic E-state index is 13.4. The first-order valence-electron chi connectivity index (χ1n) is 8.95. The third-order valence-corrected chi connectivity index (χ3v) is 4.60. The van der Waals surface area contributed by atoms with Gasteiger partial charge in [0.1, 0.15) is 5.60 Å². The first kappa shape index (κ1) is 21.1. The van der Waals surface area contributed by atoms with E-state index in [4.69, 9.17) is 27.9 Å². The molecule has 0 atom stereocenters. The molecule has 0 radical (unpaired) electrons. The second-order valence-corrected chi connectivity index (χ2v) is 8.06. The summed E-state index contributed by atoms with van der Waals surface area (Å²) in [4.78, 5) is 36.2. The van der Waals surface area contributed by atoms with Crippen molar-refractivity contribution in [2.75, 3.05) is 11.4 Å². The molecule has 0 saturated carbocycles. The van der Waals surface area contributed by atoms with E-state index >= 15 is 0 Å². The van der Waals surface area contributed by atoms with Gasteiger partial charge >= 0.3 is 6.09 Å². The summed E-state index contributed by atoms with van der Waals surface area (Å²) in [6.07, 6.45) is 2.44. The average molecular weight is 435 g/mol. The first-order chi connectivity index (χ1) is 13.6. The van der Waals surface area contributed by atoms with Crippen LogP contribution in [0.3, 0.4) is 0 Å². The number of rotatable bonds is 3. The van der Waals surface area contributed by atoms with Gasteiger partial charge in [-0.1, -0.05) is 23.2 Å². The highest BCUT2D eigenvalue weighted by atomic mass is 35.5. The van der Waals surface area contributed by atoms with Gasteiger partial charge in [-0.3, -0.25) is 9.78 Å². The van der Waals surface area contributed by atoms with Gasteiger partial charge < -0.3 is 4.74 Å². The quantitative estimate of drug-likeness (QED) is 0.588. The van der Waals surface area contributed by atoms with Gasteiger partial charge in [0.2, 0.25) is 5.95 Å². The Morgan fingerprint density at radius 2 is 1.90 bits per heavy atom. The molecule has 0 bridgehead atoms. The summed E-state index contributed by atoms with van der Waals surface area (Å²) < 4.78 is 6.78. The fraction of sp³-hybridized carbons (Fsp3) is 0.300. The maximum Gasteiger partial charge on any atom is 0.417 e. The molecule has 0 fully saturated rings. The van der Waals surface area contributed by atoms with Crippen molar-refractivity contribution >= 4 is 46.1 Å². The van der Waals surface area contributed by atoms with Crippen LogP contribution in [0, 0.1) is 0 Å². The molecule has 0 N–H and O–H groups in total. The van der Waals surface area contributed by atoms with E-state index in [0.29, 0.717) is 5.69 Å². The molecule has 3 rings (SSSR count). The summed E-state index contributed by atoms with van der Waals surface area (Å²) >= 11 is 12.6. The smallest absolute Gasteiger partial charge is 0.417 e. The molecule has 9 heteroatoms. The van der Waals surface area contributed by atoms with Gasteiger partial charge in [0, 0.05) is 12.7 Å². The van der Waals surface area contributed by atoms with E-state index < -0.39 is 17.3 Å². The van der Waals surface area contributed by atoms with Crippen LogP contribution in [-0.2, 0) is 4.74 Å². The highest BCUT2D eigenvalue weighted by Gasteiger charge is 2.28. The number of benzene rings is 1. The Labute approximate surface area is 177 Å². The molecule has 0 spiro atoms. The van der Waals surface area contributed by atoms with Crippen molar-refractivity contribution in [1.82, 2.24) is 14.5 Å². The first-order valence-corrected chi connectivity index (χ1v) is 9.71. The summed E-state index contributed by atoms with van der Waals surface area (Å²) in [7, 11) is 0. The van der Waals surface area contributed by atoms with Crippen molar-refractivity contribution in [3.05, 3.63) is 57.1 Å². The van der Waals surface area contributed by atoms with Gasteiger partial charge in [-0.15, -0.1) is 0 Å². The lowest BCUT2D eigenvalue weighted by Crippen LogP contribution is -2.40. The highest BCUT2D eigenvalue weighted by Crippen LogP contribution is 2.29. The van der Waals surface area contributed by atoms with E-state index in [1.807, 2.05) is 0 Å². The maximum atomic E-state index is 13.4. The van der Waals surface area contributed by atoms with Crippen LogP contribution in [-0.4, -0.2) is 32.8 Å². The van der Waals surface area contributed by atoms with Crippen LogP contribution < -0.4 is 10.5 Å². The summed E-state index contributed by atoms with van der Waals surface area (Å²) in [5.74, 6) is 0.0661. The molecule has 1 amide bonds. The van der Waals surface area contributed by atoms with Crippen LogP contribution in [0.2, 0.25) is 10.0 Å². The van der Waals surface area contributed by atoms with E-state index in [2.05, 4.69) is 9.97 Å². The normalized spacial score (nSPS) is 11.5. The van der Waals surface area contributed by atoms with Crippen molar-refractivity contribution in [2.45, 2.75) is 33.3 Å². The van der Waals surface area contributed by atoms with Crippen molar-refractivity contribution in [3.63, 3.8) is 0 Å². The molecule has 3 aromatic rings. The van der Waals surface area contributed by atoms with Gasteiger partial charge in [-0.25, -0.2) is 19.2 Å². The summed E-state index contributed by atoms with van der Waals surface area (Å²) in [5, 5.41) is 0.625. The summed E-state index contributed by atoms with van der Waals surface area (Å²) in [5.41, 5.74) is -0.546. The minimum atomic E-state index is -0.721. The van der Waals surface area contributed by atoms with Crippen molar-refractivity contribution in [3.8, 4) is 5.69 Å². The standard InChI is InChI=1S/C20H20Cl2N4O3/c1-5-25(19(28)29-20(2,3)4)18-24-16-14(22)9-8-13(21)15(16)17(27)26(18)12-7-6-10-23-11-12/h6-11H,5H2,1-4H3. The van der Waals surface area contributed by atoms with E-state index in [-0.39, 0.29) is 33.4 Å². The molecular weight excluding hydrogens is 415 g/mol. The highest BCUT2D eigenvalue weighted by molar-refractivity contribution is 6.39. The largest absolute Gasteiger partial charge is 0.443 e. The zero-order valence-corrected chi connectivity index (χ0v) is 18.0. The third-order valence-electron chi connectivity index (χ3n) is 3.98. The molecule has 0 aliphatic heterocycles. The van der Waals surface area contributed by atoms with Crippen LogP contribution >= 0.6 is 23.2 Å². The van der Waals surface area contributed by atoms with Gasteiger partial charge in [0.05, 0.1) is 32.8 Å². The number of pyridine rings is 1. The summed E-state index contributed by atoms with van der Waals surface area (Å²) in [6.45, 7) is 7.25. The Balaban J connectivity index is 2.36. The van der Waals surface area contributed by atoms with Crippen molar-refractivity contribution in [1.29, 1.82) is 0 Å². The topological polar surface area (TPSA) is 77.3 Å². The van der Waals surface area contributed by atoms with Gasteiger partial charge in [0.15, 0.2) is 0 Å². The Bertz CT molecular complexity index is 1120. The van der Waals surface area contributed by atoms with Gasteiger partial charge in [-0.05, 0) is 52.0 Å². The van der Waals surface area contributed by atoms with Crippen LogP contribution in [0.5, 0.6) is 0 Å². The minimum Gasteiger partial charge on any atom is -0.443 e. The van der Waals surface area contributed by atoms with Crippen LogP contribution in [0.4, 0.5) is 10.7 Å². The number of anilines is 1. The lowest BCUT2D eigenvalue weighted by Gasteiger charge is -2.27. The zero-order valence-electron chi connectivity index (χ0n) is 16.4. The molecular formula is C20H20Cl2N4O3. The SMILES string of the molecule is CCN(C(=O)OC(C)(C)C)c1nc2c(Cl)ccc(Cl)c2c(=O)n1-c1cccnc1. The molecule has 2 heterocycles. The van der Waals surface area contributed by atoms with Crippen molar-refractivity contribution < 1.29 is 9.53 Å². The molecule has 2 aromatic heterocycles. The predicted molar refractivity (Wildman–Crippen MR) is 114 cm³/mol. The van der Waals surface area contributed by atoms with Gasteiger partial charge in [0.25, 0.3) is 5.56 Å². The fourth-order valence-electron chi connectivity index (χ4n) is 2.78. The molecule has 152 valence electrons. The number of aromatic nitrogens is 3. The molecule has 0 unspecified atom stereocenters. The number of nitrogens with zero attached hydrogens (tertiary/aromatic N) is 4. The lowest BCUT2D eigenvalue weighted by atomic mass is 10.2.